The zero-order valence-electron chi connectivity index (χ0n) is 11.2. The topological polar surface area (TPSA) is 50.1 Å². The van der Waals surface area contributed by atoms with E-state index in [1.165, 1.54) is 5.39 Å². The molecule has 0 saturated heterocycles. The van der Waals surface area contributed by atoms with Gasteiger partial charge in [-0.25, -0.2) is 0 Å². The van der Waals surface area contributed by atoms with E-state index in [1.54, 1.807) is 0 Å². The molecule has 2 aromatic rings. The minimum Gasteiger partial charge on any atom is -0.392 e. The molecular formula is C14H21N3O. The number of benzene rings is 1. The predicted molar refractivity (Wildman–Crippen MR) is 73.3 cm³/mol. The lowest BCUT2D eigenvalue weighted by atomic mass is 10.1. The van der Waals surface area contributed by atoms with Gasteiger partial charge in [-0.05, 0) is 12.0 Å². The molecule has 1 unspecified atom stereocenters. The van der Waals surface area contributed by atoms with Crippen molar-refractivity contribution in [3.63, 3.8) is 0 Å². The molecule has 18 heavy (non-hydrogen) atoms. The van der Waals surface area contributed by atoms with Gasteiger partial charge in [-0.1, -0.05) is 32.0 Å². The zero-order chi connectivity index (χ0) is 13.1. The van der Waals surface area contributed by atoms with Crippen LogP contribution in [-0.2, 0) is 13.6 Å². The molecule has 4 nitrogen and oxygen atoms in total. The summed E-state index contributed by atoms with van der Waals surface area (Å²) in [5, 5.41) is 18.7. The Bertz CT molecular complexity index is 519. The maximum atomic E-state index is 9.73. The van der Waals surface area contributed by atoms with Crippen LogP contribution in [-0.4, -0.2) is 27.5 Å². The van der Waals surface area contributed by atoms with E-state index >= 15 is 0 Å². The van der Waals surface area contributed by atoms with Crippen molar-refractivity contribution in [1.29, 1.82) is 0 Å². The minimum absolute atomic E-state index is 0.276. The van der Waals surface area contributed by atoms with Crippen molar-refractivity contribution in [2.45, 2.75) is 26.5 Å². The number of hydrogen-bond donors (Lipinski definition) is 2. The molecule has 1 heterocycles. The Labute approximate surface area is 108 Å². The highest BCUT2D eigenvalue weighted by atomic mass is 16.3. The summed E-state index contributed by atoms with van der Waals surface area (Å²) in [5.74, 6) is 0.276. The predicted octanol–water partition coefficient (Wildman–Crippen LogP) is 1.68. The summed E-state index contributed by atoms with van der Waals surface area (Å²) < 4.78 is 1.89. The van der Waals surface area contributed by atoms with E-state index in [9.17, 15) is 5.11 Å². The van der Waals surface area contributed by atoms with Crippen LogP contribution < -0.4 is 5.32 Å². The summed E-state index contributed by atoms with van der Waals surface area (Å²) in [6.45, 7) is 5.32. The quantitative estimate of drug-likeness (QED) is 0.845. The summed E-state index contributed by atoms with van der Waals surface area (Å²) >= 11 is 0. The first-order chi connectivity index (χ1) is 8.59. The first-order valence-electron chi connectivity index (χ1n) is 6.39. The van der Waals surface area contributed by atoms with Gasteiger partial charge >= 0.3 is 0 Å². The number of aliphatic hydroxyl groups excluding tert-OH is 1. The smallest absolute Gasteiger partial charge is 0.0841 e. The molecule has 0 fully saturated rings. The minimum atomic E-state index is -0.306. The Hall–Kier alpha value is -1.39. The third kappa shape index (κ3) is 2.71. The number of aryl methyl sites for hydroxylation is 1. The van der Waals surface area contributed by atoms with Crippen molar-refractivity contribution >= 4 is 10.9 Å². The molecule has 1 aromatic heterocycles. The van der Waals surface area contributed by atoms with Gasteiger partial charge < -0.3 is 10.4 Å². The van der Waals surface area contributed by atoms with Crippen LogP contribution in [0, 0.1) is 5.92 Å². The lowest BCUT2D eigenvalue weighted by Gasteiger charge is -2.14. The summed E-state index contributed by atoms with van der Waals surface area (Å²) in [6.07, 6.45) is -0.306. The number of nitrogens with one attached hydrogen (secondary N) is 1. The maximum Gasteiger partial charge on any atom is 0.0841 e. The van der Waals surface area contributed by atoms with Gasteiger partial charge in [0.15, 0.2) is 0 Å². The van der Waals surface area contributed by atoms with Gasteiger partial charge in [-0.2, -0.15) is 5.10 Å². The Morgan fingerprint density at radius 3 is 2.78 bits per heavy atom. The number of fused-ring (bicyclic) bond motifs is 1. The molecule has 1 aromatic carbocycles. The number of aliphatic hydroxyl groups is 1. The normalized spacial score (nSPS) is 13.4. The number of nitrogens with zero attached hydrogens (tertiary/aromatic N) is 2. The third-order valence-electron chi connectivity index (χ3n) is 3.25. The van der Waals surface area contributed by atoms with Gasteiger partial charge in [-0.3, -0.25) is 4.68 Å². The van der Waals surface area contributed by atoms with Crippen molar-refractivity contribution in [3.05, 3.63) is 30.0 Å². The summed E-state index contributed by atoms with van der Waals surface area (Å²) in [4.78, 5) is 0. The van der Waals surface area contributed by atoms with Crippen molar-refractivity contribution < 1.29 is 5.11 Å². The van der Waals surface area contributed by atoms with E-state index in [2.05, 4.69) is 22.5 Å². The number of aromatic nitrogens is 2. The Morgan fingerprint density at radius 1 is 1.33 bits per heavy atom. The highest BCUT2D eigenvalue weighted by Crippen LogP contribution is 2.17. The summed E-state index contributed by atoms with van der Waals surface area (Å²) in [5.41, 5.74) is 2.17. The molecule has 2 N–H and O–H groups in total. The van der Waals surface area contributed by atoms with Crippen molar-refractivity contribution in [1.82, 2.24) is 15.1 Å². The number of hydrogen-bond acceptors (Lipinski definition) is 3. The molecule has 0 radical (unpaired) electrons. The van der Waals surface area contributed by atoms with Gasteiger partial charge in [0.1, 0.15) is 0 Å². The third-order valence-corrected chi connectivity index (χ3v) is 3.25. The molecule has 0 saturated carbocycles. The molecule has 0 aliphatic rings. The lowest BCUT2D eigenvalue weighted by molar-refractivity contribution is 0.123. The fraction of sp³-hybridized carbons (Fsp3) is 0.500. The van der Waals surface area contributed by atoms with Crippen LogP contribution in [0.15, 0.2) is 24.3 Å². The molecular weight excluding hydrogens is 226 g/mol. The molecule has 1 atom stereocenters. The standard InChI is InChI=1S/C14H21N3O/c1-10(2)14(18)9-15-8-12-11-6-4-5-7-13(11)17(3)16-12/h4-7,10,14-15,18H,8-9H2,1-3H3. The SMILES string of the molecule is CC(C)C(O)CNCc1nn(C)c2ccccc12. The lowest BCUT2D eigenvalue weighted by Crippen LogP contribution is -2.30. The van der Waals surface area contributed by atoms with Gasteiger partial charge in [0.25, 0.3) is 0 Å². The molecule has 0 aliphatic carbocycles. The van der Waals surface area contributed by atoms with Gasteiger partial charge in [-0.15, -0.1) is 0 Å². The highest BCUT2D eigenvalue weighted by Gasteiger charge is 2.10. The second-order valence-corrected chi connectivity index (χ2v) is 5.03. The molecule has 2 rings (SSSR count). The van der Waals surface area contributed by atoms with Crippen LogP contribution in [0.4, 0.5) is 0 Å². The molecule has 0 amide bonds. The Morgan fingerprint density at radius 2 is 2.06 bits per heavy atom. The average Bonchev–Trinajstić information content (AvgIpc) is 2.67. The summed E-state index contributed by atoms with van der Waals surface area (Å²) in [7, 11) is 1.95. The molecule has 98 valence electrons. The first kappa shape index (κ1) is 13.1. The number of para-hydroxylation sites is 1. The first-order valence-corrected chi connectivity index (χ1v) is 6.39. The Balaban J connectivity index is 2.04. The highest BCUT2D eigenvalue weighted by molar-refractivity contribution is 5.81. The van der Waals surface area contributed by atoms with Crippen LogP contribution in [0.25, 0.3) is 10.9 Å². The van der Waals surface area contributed by atoms with E-state index in [0.29, 0.717) is 13.1 Å². The van der Waals surface area contributed by atoms with Gasteiger partial charge in [0.05, 0.1) is 17.3 Å². The van der Waals surface area contributed by atoms with Crippen molar-refractivity contribution in [3.8, 4) is 0 Å². The maximum absolute atomic E-state index is 9.73. The average molecular weight is 247 g/mol. The molecule has 0 bridgehead atoms. The van der Waals surface area contributed by atoms with Gasteiger partial charge in [0, 0.05) is 25.5 Å². The van der Waals surface area contributed by atoms with Crippen LogP contribution >= 0.6 is 0 Å². The second-order valence-electron chi connectivity index (χ2n) is 5.03. The molecule has 0 spiro atoms. The van der Waals surface area contributed by atoms with Crippen LogP contribution in [0.5, 0.6) is 0 Å². The molecule has 0 aliphatic heterocycles. The monoisotopic (exact) mass is 247 g/mol. The number of rotatable bonds is 5. The van der Waals surface area contributed by atoms with Crippen LogP contribution in [0.3, 0.4) is 0 Å². The zero-order valence-corrected chi connectivity index (χ0v) is 11.2. The fourth-order valence-electron chi connectivity index (χ4n) is 1.99. The van der Waals surface area contributed by atoms with E-state index in [0.717, 1.165) is 11.2 Å². The van der Waals surface area contributed by atoms with Crippen LogP contribution in [0.2, 0.25) is 0 Å². The largest absolute Gasteiger partial charge is 0.392 e. The van der Waals surface area contributed by atoms with E-state index in [4.69, 9.17) is 0 Å². The van der Waals surface area contributed by atoms with Crippen molar-refractivity contribution in [2.75, 3.05) is 6.54 Å². The van der Waals surface area contributed by atoms with Crippen LogP contribution in [0.1, 0.15) is 19.5 Å². The van der Waals surface area contributed by atoms with E-state index in [1.807, 2.05) is 37.7 Å². The Kier molecular flexibility index (Phi) is 3.99. The van der Waals surface area contributed by atoms with E-state index < -0.39 is 0 Å². The summed E-state index contributed by atoms with van der Waals surface area (Å²) in [6, 6.07) is 8.19. The second kappa shape index (κ2) is 5.50. The van der Waals surface area contributed by atoms with Crippen molar-refractivity contribution in [2.24, 2.45) is 13.0 Å². The molecule has 4 heteroatoms. The van der Waals surface area contributed by atoms with E-state index in [-0.39, 0.29) is 12.0 Å². The van der Waals surface area contributed by atoms with Gasteiger partial charge in [0.2, 0.25) is 0 Å². The fourth-order valence-corrected chi connectivity index (χ4v) is 1.99.